The molecular formula is C22H18O5. The fourth-order valence-electron chi connectivity index (χ4n) is 3.05. The molecule has 0 aliphatic heterocycles. The summed E-state index contributed by atoms with van der Waals surface area (Å²) in [6, 6.07) is 18.0. The Kier molecular flexibility index (Phi) is 5.31. The van der Waals surface area contributed by atoms with Crippen LogP contribution in [0.5, 0.6) is 0 Å². The zero-order valence-corrected chi connectivity index (χ0v) is 14.8. The largest absolute Gasteiger partial charge is 0.478 e. The maximum Gasteiger partial charge on any atom is 0.346 e. The maximum atomic E-state index is 12.2. The second-order valence-corrected chi connectivity index (χ2v) is 6.18. The van der Waals surface area contributed by atoms with Crippen LogP contribution in [0.15, 0.2) is 60.7 Å². The van der Waals surface area contributed by atoms with Gasteiger partial charge in [0.15, 0.2) is 0 Å². The second-order valence-electron chi connectivity index (χ2n) is 6.18. The Bertz CT molecular complexity index is 1030. The molecule has 0 amide bonds. The number of ether oxygens (including phenoxy) is 1. The van der Waals surface area contributed by atoms with Crippen molar-refractivity contribution in [3.05, 3.63) is 82.9 Å². The molecule has 5 nitrogen and oxygen atoms in total. The number of hydrogen-bond acceptors (Lipinski definition) is 4. The molecule has 3 aromatic carbocycles. The van der Waals surface area contributed by atoms with E-state index in [1.165, 1.54) is 25.1 Å². The zero-order chi connectivity index (χ0) is 19.4. The van der Waals surface area contributed by atoms with E-state index in [4.69, 9.17) is 9.84 Å². The molecule has 0 bridgehead atoms. The molecule has 0 unspecified atom stereocenters. The standard InChI is InChI=1S/C22H18O5/c1-14-17(21(24)25)10-5-11-18(14)22(26)27-20(23)13-12-16-8-4-7-15-6-2-3-9-19(15)16/h2-11H,12-13H2,1H3,(H,24,25). The van der Waals surface area contributed by atoms with Crippen molar-refractivity contribution in [1.82, 2.24) is 0 Å². The predicted molar refractivity (Wildman–Crippen MR) is 101 cm³/mol. The van der Waals surface area contributed by atoms with E-state index in [9.17, 15) is 14.4 Å². The lowest BCUT2D eigenvalue weighted by Gasteiger charge is -2.09. The Hall–Kier alpha value is -3.47. The van der Waals surface area contributed by atoms with Crippen molar-refractivity contribution in [2.75, 3.05) is 0 Å². The molecular weight excluding hydrogens is 344 g/mol. The molecule has 3 aromatic rings. The van der Waals surface area contributed by atoms with Crippen molar-refractivity contribution in [3.63, 3.8) is 0 Å². The van der Waals surface area contributed by atoms with Crippen LogP contribution in [0.4, 0.5) is 0 Å². The molecule has 0 spiro atoms. The van der Waals surface area contributed by atoms with E-state index >= 15 is 0 Å². The summed E-state index contributed by atoms with van der Waals surface area (Å²) in [4.78, 5) is 35.5. The Labute approximate surface area is 156 Å². The lowest BCUT2D eigenvalue weighted by molar-refractivity contribution is -0.137. The first-order valence-electron chi connectivity index (χ1n) is 8.52. The first-order chi connectivity index (χ1) is 13.0. The molecule has 0 aliphatic carbocycles. The van der Waals surface area contributed by atoms with E-state index in [0.29, 0.717) is 6.42 Å². The van der Waals surface area contributed by atoms with E-state index in [-0.39, 0.29) is 23.1 Å². The van der Waals surface area contributed by atoms with E-state index in [2.05, 4.69) is 0 Å². The summed E-state index contributed by atoms with van der Waals surface area (Å²) >= 11 is 0. The molecule has 136 valence electrons. The van der Waals surface area contributed by atoms with Crippen LogP contribution in [0.3, 0.4) is 0 Å². The summed E-state index contributed by atoms with van der Waals surface area (Å²) < 4.78 is 4.92. The van der Waals surface area contributed by atoms with Crippen LogP contribution in [-0.4, -0.2) is 23.0 Å². The minimum Gasteiger partial charge on any atom is -0.478 e. The van der Waals surface area contributed by atoms with Gasteiger partial charge in [-0.15, -0.1) is 0 Å². The van der Waals surface area contributed by atoms with Crippen LogP contribution in [0, 0.1) is 6.92 Å². The molecule has 27 heavy (non-hydrogen) atoms. The second kappa shape index (κ2) is 7.83. The van der Waals surface area contributed by atoms with Gasteiger partial charge in [0.1, 0.15) is 0 Å². The Morgan fingerprint density at radius 3 is 2.33 bits per heavy atom. The molecule has 0 aromatic heterocycles. The summed E-state index contributed by atoms with van der Waals surface area (Å²) in [7, 11) is 0. The number of carboxylic acid groups (broad SMARTS) is 1. The van der Waals surface area contributed by atoms with Crippen LogP contribution >= 0.6 is 0 Å². The quantitative estimate of drug-likeness (QED) is 0.544. The molecule has 0 saturated heterocycles. The highest BCUT2D eigenvalue weighted by Crippen LogP contribution is 2.20. The van der Waals surface area contributed by atoms with Gasteiger partial charge in [-0.1, -0.05) is 48.5 Å². The van der Waals surface area contributed by atoms with Crippen molar-refractivity contribution in [3.8, 4) is 0 Å². The summed E-state index contributed by atoms with van der Waals surface area (Å²) in [5.74, 6) is -2.61. The minimum atomic E-state index is -1.13. The fraction of sp³-hybridized carbons (Fsp3) is 0.136. The summed E-state index contributed by atoms with van der Waals surface area (Å²) in [5, 5.41) is 11.3. The van der Waals surface area contributed by atoms with Gasteiger partial charge < -0.3 is 9.84 Å². The molecule has 0 fully saturated rings. The number of benzene rings is 3. The third kappa shape index (κ3) is 4.03. The average Bonchev–Trinajstić information content (AvgIpc) is 2.66. The molecule has 0 heterocycles. The number of rotatable bonds is 5. The highest BCUT2D eigenvalue weighted by atomic mass is 16.6. The first-order valence-corrected chi connectivity index (χ1v) is 8.52. The number of aryl methyl sites for hydroxylation is 1. The van der Waals surface area contributed by atoms with E-state index in [1.807, 2.05) is 42.5 Å². The molecule has 5 heteroatoms. The number of esters is 2. The van der Waals surface area contributed by atoms with E-state index in [0.717, 1.165) is 16.3 Å². The van der Waals surface area contributed by atoms with Gasteiger partial charge in [-0.25, -0.2) is 9.59 Å². The van der Waals surface area contributed by atoms with E-state index in [1.54, 1.807) is 0 Å². The lowest BCUT2D eigenvalue weighted by Crippen LogP contribution is -2.15. The lowest BCUT2D eigenvalue weighted by atomic mass is 10.0. The van der Waals surface area contributed by atoms with Gasteiger partial charge in [0, 0.05) is 0 Å². The van der Waals surface area contributed by atoms with Crippen molar-refractivity contribution < 1.29 is 24.2 Å². The van der Waals surface area contributed by atoms with Gasteiger partial charge in [0.05, 0.1) is 17.5 Å². The Morgan fingerprint density at radius 1 is 0.889 bits per heavy atom. The maximum absolute atomic E-state index is 12.2. The van der Waals surface area contributed by atoms with Crippen LogP contribution < -0.4 is 0 Å². The third-order valence-corrected chi connectivity index (χ3v) is 4.47. The molecule has 3 rings (SSSR count). The average molecular weight is 362 g/mol. The van der Waals surface area contributed by atoms with Crippen molar-refractivity contribution in [2.24, 2.45) is 0 Å². The van der Waals surface area contributed by atoms with Crippen molar-refractivity contribution in [2.45, 2.75) is 19.8 Å². The first kappa shape index (κ1) is 18.3. The van der Waals surface area contributed by atoms with Crippen molar-refractivity contribution in [1.29, 1.82) is 0 Å². The fourth-order valence-corrected chi connectivity index (χ4v) is 3.05. The van der Waals surface area contributed by atoms with Gasteiger partial charge in [-0.3, -0.25) is 4.79 Å². The third-order valence-electron chi connectivity index (χ3n) is 4.47. The van der Waals surface area contributed by atoms with Crippen LogP contribution in [0.25, 0.3) is 10.8 Å². The Balaban J connectivity index is 1.68. The topological polar surface area (TPSA) is 80.7 Å². The molecule has 0 radical (unpaired) electrons. The summed E-state index contributed by atoms with van der Waals surface area (Å²) in [6.45, 7) is 1.51. The van der Waals surface area contributed by atoms with Crippen LogP contribution in [0.1, 0.15) is 38.3 Å². The summed E-state index contributed by atoms with van der Waals surface area (Å²) in [5.41, 5.74) is 1.36. The minimum absolute atomic E-state index is 0.00709. The number of carbonyl (C=O) groups is 3. The number of carbonyl (C=O) groups excluding carboxylic acids is 2. The number of carboxylic acids is 1. The number of hydrogen-bond donors (Lipinski definition) is 1. The number of aromatic carboxylic acids is 1. The van der Waals surface area contributed by atoms with Gasteiger partial charge >= 0.3 is 17.9 Å². The number of fused-ring (bicyclic) bond motifs is 1. The van der Waals surface area contributed by atoms with Crippen LogP contribution in [-0.2, 0) is 16.0 Å². The highest BCUT2D eigenvalue weighted by molar-refractivity contribution is 6.01. The van der Waals surface area contributed by atoms with Crippen LogP contribution in [0.2, 0.25) is 0 Å². The van der Waals surface area contributed by atoms with Gasteiger partial charge in [0.2, 0.25) is 0 Å². The smallest absolute Gasteiger partial charge is 0.346 e. The van der Waals surface area contributed by atoms with Gasteiger partial charge in [0.25, 0.3) is 0 Å². The monoisotopic (exact) mass is 362 g/mol. The Morgan fingerprint density at radius 2 is 1.56 bits per heavy atom. The van der Waals surface area contributed by atoms with E-state index < -0.39 is 17.9 Å². The molecule has 1 N–H and O–H groups in total. The molecule has 0 saturated carbocycles. The SMILES string of the molecule is Cc1c(C(=O)O)cccc1C(=O)OC(=O)CCc1cccc2ccccc12. The zero-order valence-electron chi connectivity index (χ0n) is 14.8. The van der Waals surface area contributed by atoms with Gasteiger partial charge in [-0.2, -0.15) is 0 Å². The van der Waals surface area contributed by atoms with Gasteiger partial charge in [-0.05, 0) is 47.4 Å². The molecule has 0 atom stereocenters. The molecule has 0 aliphatic rings. The highest BCUT2D eigenvalue weighted by Gasteiger charge is 2.19. The summed E-state index contributed by atoms with van der Waals surface area (Å²) in [6.07, 6.45) is 0.499. The van der Waals surface area contributed by atoms with Crippen molar-refractivity contribution >= 4 is 28.7 Å². The predicted octanol–water partition coefficient (Wildman–Crippen LogP) is 4.16. The normalized spacial score (nSPS) is 10.6.